The standard InChI is InChI=1S/C26H54Cl2Si/c1-29(2,28)26-24-22-20-18-16-14-12-10-8-6-4-3-5-7-9-11-13-15-17-19-21-23-25-27/h3-26H2,1-2H3. The molecule has 0 N–H and O–H groups in total. The van der Waals surface area contributed by atoms with Gasteiger partial charge in [0.25, 0.3) is 0 Å². The molecular weight excluding hydrogens is 411 g/mol. The molecule has 0 aliphatic carbocycles. The first-order valence-corrected chi connectivity index (χ1v) is 18.1. The summed E-state index contributed by atoms with van der Waals surface area (Å²) < 4.78 is 0. The Labute approximate surface area is 196 Å². The van der Waals surface area contributed by atoms with E-state index in [4.69, 9.17) is 22.7 Å². The van der Waals surface area contributed by atoms with E-state index < -0.39 is 7.38 Å². The number of alkyl halides is 1. The second kappa shape index (κ2) is 23.5. The van der Waals surface area contributed by atoms with Gasteiger partial charge < -0.3 is 0 Å². The van der Waals surface area contributed by atoms with E-state index in [1.54, 1.807) is 0 Å². The van der Waals surface area contributed by atoms with E-state index in [0.717, 1.165) is 5.88 Å². The largest absolute Gasteiger partial charge is 0.168 e. The van der Waals surface area contributed by atoms with E-state index in [9.17, 15) is 0 Å². The van der Waals surface area contributed by atoms with Crippen LogP contribution >= 0.6 is 22.7 Å². The molecule has 0 aliphatic rings. The van der Waals surface area contributed by atoms with Gasteiger partial charge in [-0.15, -0.1) is 11.6 Å². The average Bonchev–Trinajstić information content (AvgIpc) is 2.67. The Hall–Kier alpha value is 0.797. The average molecular weight is 466 g/mol. The minimum atomic E-state index is -1.31. The Balaban J connectivity index is 3.02. The molecule has 0 unspecified atom stereocenters. The van der Waals surface area contributed by atoms with E-state index in [2.05, 4.69) is 13.1 Å². The van der Waals surface area contributed by atoms with Crippen molar-refractivity contribution < 1.29 is 0 Å². The topological polar surface area (TPSA) is 0 Å². The maximum Gasteiger partial charge on any atom is 0.150 e. The molecule has 0 saturated carbocycles. The van der Waals surface area contributed by atoms with Gasteiger partial charge >= 0.3 is 0 Å². The third-order valence-electron chi connectivity index (χ3n) is 6.15. The van der Waals surface area contributed by atoms with Gasteiger partial charge in [-0.05, 0) is 12.5 Å². The van der Waals surface area contributed by atoms with Crippen molar-refractivity contribution in [3.63, 3.8) is 0 Å². The Kier molecular flexibility index (Phi) is 24.1. The fourth-order valence-corrected chi connectivity index (χ4v) is 5.86. The van der Waals surface area contributed by atoms with Gasteiger partial charge in [0.2, 0.25) is 0 Å². The molecule has 176 valence electrons. The molecule has 0 amide bonds. The lowest BCUT2D eigenvalue weighted by Crippen LogP contribution is -2.14. The molecule has 0 aromatic rings. The highest BCUT2D eigenvalue weighted by Gasteiger charge is 2.15. The molecule has 0 heterocycles. The van der Waals surface area contributed by atoms with Crippen LogP contribution < -0.4 is 0 Å². The molecule has 0 radical (unpaired) electrons. The maximum absolute atomic E-state index is 6.37. The molecule has 0 spiro atoms. The van der Waals surface area contributed by atoms with E-state index in [1.807, 2.05) is 0 Å². The van der Waals surface area contributed by atoms with Crippen LogP contribution in [0.1, 0.15) is 141 Å². The Morgan fingerprint density at radius 3 is 0.793 bits per heavy atom. The van der Waals surface area contributed by atoms with Gasteiger partial charge in [-0.3, -0.25) is 0 Å². The van der Waals surface area contributed by atoms with E-state index in [-0.39, 0.29) is 0 Å². The zero-order valence-electron chi connectivity index (χ0n) is 20.2. The first-order chi connectivity index (χ1) is 14.1. The summed E-state index contributed by atoms with van der Waals surface area (Å²) in [5, 5.41) is 0. The predicted molar refractivity (Wildman–Crippen MR) is 140 cm³/mol. The summed E-state index contributed by atoms with van der Waals surface area (Å²) in [4.78, 5) is 0. The molecule has 0 bridgehead atoms. The summed E-state index contributed by atoms with van der Waals surface area (Å²) in [5.41, 5.74) is 0. The summed E-state index contributed by atoms with van der Waals surface area (Å²) in [6.45, 7) is 4.54. The maximum atomic E-state index is 6.37. The normalized spacial score (nSPS) is 12.0. The van der Waals surface area contributed by atoms with Crippen LogP contribution in [0.15, 0.2) is 0 Å². The minimum Gasteiger partial charge on any atom is -0.168 e. The Morgan fingerprint density at radius 1 is 0.379 bits per heavy atom. The molecule has 29 heavy (non-hydrogen) atoms. The molecule has 3 heteroatoms. The quantitative estimate of drug-likeness (QED) is 0.0575. The van der Waals surface area contributed by atoms with Crippen molar-refractivity contribution in [1.82, 2.24) is 0 Å². The second-order valence-corrected chi connectivity index (χ2v) is 17.3. The van der Waals surface area contributed by atoms with Crippen LogP contribution in [-0.2, 0) is 0 Å². The van der Waals surface area contributed by atoms with Crippen LogP contribution in [0.2, 0.25) is 19.1 Å². The highest BCUT2D eigenvalue weighted by atomic mass is 35.6. The summed E-state index contributed by atoms with van der Waals surface area (Å²) in [7, 11) is -1.31. The van der Waals surface area contributed by atoms with Gasteiger partial charge in [0, 0.05) is 5.88 Å². The summed E-state index contributed by atoms with van der Waals surface area (Å²) in [6, 6.07) is 1.30. The number of hydrogen-bond acceptors (Lipinski definition) is 0. The minimum absolute atomic E-state index is 0.843. The molecular formula is C26H54Cl2Si. The monoisotopic (exact) mass is 464 g/mol. The van der Waals surface area contributed by atoms with Crippen LogP contribution in [0.25, 0.3) is 0 Å². The Bertz CT molecular complexity index is 302. The summed E-state index contributed by atoms with van der Waals surface area (Å²) in [6.07, 6.45) is 31.5. The summed E-state index contributed by atoms with van der Waals surface area (Å²) in [5.74, 6) is 0.843. The molecule has 0 atom stereocenters. The third kappa shape index (κ3) is 28.8. The van der Waals surface area contributed by atoms with Crippen LogP contribution in [0.3, 0.4) is 0 Å². The number of halogens is 2. The zero-order chi connectivity index (χ0) is 21.5. The summed E-state index contributed by atoms with van der Waals surface area (Å²) >= 11 is 12.1. The molecule has 0 aliphatic heterocycles. The van der Waals surface area contributed by atoms with E-state index >= 15 is 0 Å². The number of hydrogen-bond donors (Lipinski definition) is 0. The van der Waals surface area contributed by atoms with Crippen molar-refractivity contribution in [2.45, 2.75) is 160 Å². The van der Waals surface area contributed by atoms with Crippen molar-refractivity contribution in [1.29, 1.82) is 0 Å². The molecule has 0 nitrogen and oxygen atoms in total. The second-order valence-electron chi connectivity index (χ2n) is 9.94. The molecule has 0 saturated heterocycles. The van der Waals surface area contributed by atoms with Crippen molar-refractivity contribution >= 4 is 30.1 Å². The smallest absolute Gasteiger partial charge is 0.150 e. The predicted octanol–water partition coefficient (Wildman–Crippen LogP) is 11.3. The third-order valence-corrected chi connectivity index (χ3v) is 8.53. The SMILES string of the molecule is C[Si](C)(Cl)CCCCCCCCCCCCCCCCCCCCCCCCCl. The number of rotatable bonds is 24. The van der Waals surface area contributed by atoms with Gasteiger partial charge in [-0.1, -0.05) is 148 Å². The van der Waals surface area contributed by atoms with Crippen molar-refractivity contribution in [3.8, 4) is 0 Å². The van der Waals surface area contributed by atoms with Crippen LogP contribution in [0, 0.1) is 0 Å². The highest BCUT2D eigenvalue weighted by molar-refractivity contribution is 7.19. The lowest BCUT2D eigenvalue weighted by atomic mass is 10.0. The van der Waals surface area contributed by atoms with Gasteiger partial charge in [-0.25, -0.2) is 0 Å². The fraction of sp³-hybridized carbons (Fsp3) is 1.00. The Morgan fingerprint density at radius 2 is 0.586 bits per heavy atom. The van der Waals surface area contributed by atoms with Crippen molar-refractivity contribution in [3.05, 3.63) is 0 Å². The zero-order valence-corrected chi connectivity index (χ0v) is 22.7. The van der Waals surface area contributed by atoms with Gasteiger partial charge in [-0.2, -0.15) is 11.1 Å². The molecule has 0 rings (SSSR count). The van der Waals surface area contributed by atoms with Gasteiger partial charge in [0.05, 0.1) is 0 Å². The van der Waals surface area contributed by atoms with Gasteiger partial charge in [0.1, 0.15) is 7.38 Å². The van der Waals surface area contributed by atoms with E-state index in [0.29, 0.717) is 0 Å². The van der Waals surface area contributed by atoms with Crippen molar-refractivity contribution in [2.75, 3.05) is 5.88 Å². The number of unbranched alkanes of at least 4 members (excludes halogenated alkanes) is 21. The lowest BCUT2D eigenvalue weighted by Gasteiger charge is -2.11. The van der Waals surface area contributed by atoms with Crippen molar-refractivity contribution in [2.24, 2.45) is 0 Å². The van der Waals surface area contributed by atoms with E-state index in [1.165, 1.54) is 147 Å². The molecule has 0 fully saturated rings. The van der Waals surface area contributed by atoms with Crippen LogP contribution in [0.5, 0.6) is 0 Å². The molecule has 0 aromatic heterocycles. The van der Waals surface area contributed by atoms with Crippen LogP contribution in [0.4, 0.5) is 0 Å². The molecule has 0 aromatic carbocycles. The first kappa shape index (κ1) is 29.8. The van der Waals surface area contributed by atoms with Crippen LogP contribution in [-0.4, -0.2) is 13.3 Å². The lowest BCUT2D eigenvalue weighted by molar-refractivity contribution is 0.520. The highest BCUT2D eigenvalue weighted by Crippen LogP contribution is 2.19. The fourth-order valence-electron chi connectivity index (χ4n) is 4.18. The van der Waals surface area contributed by atoms with Gasteiger partial charge in [0.15, 0.2) is 0 Å². The first-order valence-electron chi connectivity index (χ1n) is 13.3.